The van der Waals surface area contributed by atoms with Crippen LogP contribution >= 0.6 is 0 Å². The van der Waals surface area contributed by atoms with E-state index in [4.69, 9.17) is 14.2 Å². The van der Waals surface area contributed by atoms with Crippen LogP contribution in [0.15, 0.2) is 42.5 Å². The molecule has 0 aromatic heterocycles. The Labute approximate surface area is 212 Å². The van der Waals surface area contributed by atoms with Crippen molar-refractivity contribution in [2.45, 2.75) is 37.3 Å². The summed E-state index contributed by atoms with van der Waals surface area (Å²) in [6, 6.07) is 10.5. The maximum absolute atomic E-state index is 14.5. The molecular formula is C26H25F2N3O6. The van der Waals surface area contributed by atoms with Gasteiger partial charge >= 0.3 is 5.97 Å². The van der Waals surface area contributed by atoms with Gasteiger partial charge in [0, 0.05) is 18.5 Å². The molecule has 2 saturated heterocycles. The number of carbonyl (C=O) groups is 3. The number of rotatable bonds is 6. The van der Waals surface area contributed by atoms with Crippen molar-refractivity contribution in [1.29, 1.82) is 5.26 Å². The van der Waals surface area contributed by atoms with Gasteiger partial charge in [-0.05, 0) is 37.1 Å². The third kappa shape index (κ3) is 5.18. The Balaban J connectivity index is 1.64. The first kappa shape index (κ1) is 25.9. The third-order valence-electron chi connectivity index (χ3n) is 6.41. The van der Waals surface area contributed by atoms with Gasteiger partial charge < -0.3 is 24.0 Å². The smallest absolute Gasteiger partial charge is 0.343 e. The Bertz CT molecular complexity index is 1220. The van der Waals surface area contributed by atoms with Crippen molar-refractivity contribution in [1.82, 2.24) is 9.80 Å². The van der Waals surface area contributed by atoms with E-state index in [1.165, 1.54) is 31.3 Å². The largest absolute Gasteiger partial charge is 0.493 e. The van der Waals surface area contributed by atoms with E-state index in [2.05, 4.69) is 0 Å². The monoisotopic (exact) mass is 513 g/mol. The molecule has 11 heteroatoms. The summed E-state index contributed by atoms with van der Waals surface area (Å²) in [5.41, 5.74) is 0.173. The molecule has 194 valence electrons. The zero-order chi connectivity index (χ0) is 26.7. The van der Waals surface area contributed by atoms with Crippen LogP contribution in [0.1, 0.15) is 40.0 Å². The van der Waals surface area contributed by atoms with Crippen LogP contribution in [0.3, 0.4) is 0 Å². The molecule has 9 nitrogen and oxygen atoms in total. The quantitative estimate of drug-likeness (QED) is 0.431. The molecule has 2 aromatic carbocycles. The minimum Gasteiger partial charge on any atom is -0.493 e. The number of hydrogen-bond donors (Lipinski definition) is 0. The number of carbonyl (C=O) groups excluding carboxylic acids is 3. The van der Waals surface area contributed by atoms with Gasteiger partial charge in [0.1, 0.15) is 12.1 Å². The fraction of sp³-hybridized carbons (Fsp3) is 0.385. The minimum atomic E-state index is -3.28. The second-order valence-corrected chi connectivity index (χ2v) is 8.79. The zero-order valence-electron chi connectivity index (χ0n) is 20.3. The zero-order valence-corrected chi connectivity index (χ0v) is 20.3. The van der Waals surface area contributed by atoms with Gasteiger partial charge in [0.15, 0.2) is 11.5 Å². The van der Waals surface area contributed by atoms with Gasteiger partial charge in [-0.25, -0.2) is 13.6 Å². The highest BCUT2D eigenvalue weighted by molar-refractivity contribution is 6.00. The van der Waals surface area contributed by atoms with Crippen molar-refractivity contribution in [2.24, 2.45) is 0 Å². The molecule has 2 aliphatic rings. The summed E-state index contributed by atoms with van der Waals surface area (Å²) in [5, 5.41) is 9.32. The summed E-state index contributed by atoms with van der Waals surface area (Å²) in [4.78, 5) is 41.3. The molecule has 0 aliphatic carbocycles. The molecule has 0 saturated carbocycles. The molecule has 2 aliphatic heterocycles. The Morgan fingerprint density at radius 3 is 2.27 bits per heavy atom. The topological polar surface area (TPSA) is 109 Å². The van der Waals surface area contributed by atoms with E-state index >= 15 is 0 Å². The predicted octanol–water partition coefficient (Wildman–Crippen LogP) is 3.29. The Morgan fingerprint density at radius 2 is 1.68 bits per heavy atom. The minimum absolute atomic E-state index is 0.0371. The summed E-state index contributed by atoms with van der Waals surface area (Å²) in [7, 11) is 2.57. The number of halogens is 2. The van der Waals surface area contributed by atoms with Crippen molar-refractivity contribution in [2.75, 3.05) is 27.3 Å². The van der Waals surface area contributed by atoms with Crippen LogP contribution in [0.2, 0.25) is 0 Å². The lowest BCUT2D eigenvalue weighted by Crippen LogP contribution is -2.49. The maximum Gasteiger partial charge on any atom is 0.343 e. The van der Waals surface area contributed by atoms with Crippen LogP contribution in [0.5, 0.6) is 17.2 Å². The van der Waals surface area contributed by atoms with Crippen molar-refractivity contribution < 1.29 is 37.4 Å². The first-order chi connectivity index (χ1) is 17.7. The highest BCUT2D eigenvalue weighted by Gasteiger charge is 2.52. The fourth-order valence-electron chi connectivity index (χ4n) is 4.60. The second-order valence-electron chi connectivity index (χ2n) is 8.79. The van der Waals surface area contributed by atoms with Crippen molar-refractivity contribution in [3.05, 3.63) is 53.6 Å². The SMILES string of the molecule is COc1cc(C(=O)N2CC(F)(F)CC2C(=O)N2CCCC2C#N)cc(OC)c1OC(=O)c1ccccc1. The van der Waals surface area contributed by atoms with E-state index in [0.717, 1.165) is 4.90 Å². The van der Waals surface area contributed by atoms with Crippen LogP contribution < -0.4 is 14.2 Å². The summed E-state index contributed by atoms with van der Waals surface area (Å²) < 4.78 is 45.0. The molecule has 2 amide bonds. The van der Waals surface area contributed by atoms with Gasteiger partial charge in [-0.2, -0.15) is 5.26 Å². The molecule has 0 radical (unpaired) electrons. The molecule has 2 unspecified atom stereocenters. The second kappa shape index (κ2) is 10.4. The highest BCUT2D eigenvalue weighted by atomic mass is 19.3. The molecule has 4 rings (SSSR count). The molecule has 0 N–H and O–H groups in total. The standard InChI is InChI=1S/C26H25F2N3O6/c1-35-20-11-17(12-21(36-2)22(20)37-25(34)16-7-4-3-5-8-16)23(32)31-15-26(27,28)13-19(31)24(33)30-10-6-9-18(30)14-29/h3-5,7-8,11-12,18-19H,6,9-10,13,15H2,1-2H3. The van der Waals surface area contributed by atoms with E-state index in [-0.39, 0.29) is 34.9 Å². The number of likely N-dealkylation sites (tertiary alicyclic amines) is 2. The van der Waals surface area contributed by atoms with Crippen LogP contribution in [-0.2, 0) is 4.79 Å². The number of alkyl halides is 2. The number of ether oxygens (including phenoxy) is 3. The average molecular weight is 513 g/mol. The summed E-state index contributed by atoms with van der Waals surface area (Å²) in [5.74, 6) is -5.67. The average Bonchev–Trinajstić information content (AvgIpc) is 3.52. The predicted molar refractivity (Wildman–Crippen MR) is 126 cm³/mol. The molecule has 2 aromatic rings. The van der Waals surface area contributed by atoms with E-state index in [0.29, 0.717) is 12.8 Å². The fourth-order valence-corrected chi connectivity index (χ4v) is 4.60. The van der Waals surface area contributed by atoms with Gasteiger partial charge in [-0.15, -0.1) is 0 Å². The lowest BCUT2D eigenvalue weighted by molar-refractivity contribution is -0.135. The lowest BCUT2D eigenvalue weighted by Gasteiger charge is -2.29. The number of nitrogens with zero attached hydrogens (tertiary/aromatic N) is 3. The number of amides is 2. The molecule has 37 heavy (non-hydrogen) atoms. The van der Waals surface area contributed by atoms with Crippen LogP contribution in [0.4, 0.5) is 8.78 Å². The first-order valence-corrected chi connectivity index (χ1v) is 11.6. The van der Waals surface area contributed by atoms with Crippen molar-refractivity contribution in [3.8, 4) is 23.3 Å². The summed E-state index contributed by atoms with van der Waals surface area (Å²) in [6.07, 6.45) is 0.197. The third-order valence-corrected chi connectivity index (χ3v) is 6.41. The van der Waals surface area contributed by atoms with E-state index in [1.54, 1.807) is 30.3 Å². The molecule has 2 atom stereocenters. The van der Waals surface area contributed by atoms with E-state index in [1.807, 2.05) is 6.07 Å². The van der Waals surface area contributed by atoms with E-state index in [9.17, 15) is 28.4 Å². The van der Waals surface area contributed by atoms with Crippen LogP contribution in [0, 0.1) is 11.3 Å². The molecule has 2 heterocycles. The number of nitriles is 1. The van der Waals surface area contributed by atoms with Crippen LogP contribution in [0.25, 0.3) is 0 Å². The highest BCUT2D eigenvalue weighted by Crippen LogP contribution is 2.41. The van der Waals surface area contributed by atoms with Gasteiger partial charge in [-0.3, -0.25) is 9.59 Å². The number of esters is 1. The Hall–Kier alpha value is -4.20. The normalized spacial score (nSPS) is 20.3. The Kier molecular flexibility index (Phi) is 7.29. The number of methoxy groups -OCH3 is 2. The summed E-state index contributed by atoms with van der Waals surface area (Å²) in [6.45, 7) is -0.688. The Morgan fingerprint density at radius 1 is 1.03 bits per heavy atom. The molecule has 0 bridgehead atoms. The van der Waals surface area contributed by atoms with Gasteiger partial charge in [0.2, 0.25) is 11.7 Å². The van der Waals surface area contributed by atoms with E-state index < -0.39 is 48.8 Å². The van der Waals surface area contributed by atoms with Crippen molar-refractivity contribution >= 4 is 17.8 Å². The van der Waals surface area contributed by atoms with Crippen LogP contribution in [-0.4, -0.2) is 72.9 Å². The summed E-state index contributed by atoms with van der Waals surface area (Å²) >= 11 is 0. The van der Waals surface area contributed by atoms with Gasteiger partial charge in [-0.1, -0.05) is 18.2 Å². The first-order valence-electron chi connectivity index (χ1n) is 11.6. The lowest BCUT2D eigenvalue weighted by atomic mass is 10.1. The van der Waals surface area contributed by atoms with Gasteiger partial charge in [0.25, 0.3) is 11.8 Å². The molecule has 2 fully saturated rings. The molecular weight excluding hydrogens is 488 g/mol. The number of hydrogen-bond acceptors (Lipinski definition) is 7. The molecule has 0 spiro atoms. The maximum atomic E-state index is 14.5. The van der Waals surface area contributed by atoms with Crippen molar-refractivity contribution in [3.63, 3.8) is 0 Å². The number of benzene rings is 2. The van der Waals surface area contributed by atoms with Gasteiger partial charge in [0.05, 0.1) is 32.4 Å².